The fourth-order valence-corrected chi connectivity index (χ4v) is 5.67. The molecule has 3 rings (SSSR count). The van der Waals surface area contributed by atoms with Crippen molar-refractivity contribution in [3.63, 3.8) is 0 Å². The zero-order chi connectivity index (χ0) is 18.7. The van der Waals surface area contributed by atoms with Crippen LogP contribution in [0.2, 0.25) is 0 Å². The summed E-state index contributed by atoms with van der Waals surface area (Å²) in [5.74, 6) is 1.43. The van der Waals surface area contributed by atoms with Gasteiger partial charge in [-0.3, -0.25) is 4.79 Å². The van der Waals surface area contributed by atoms with Gasteiger partial charge in [-0.1, -0.05) is 6.07 Å². The molecule has 1 heterocycles. The van der Waals surface area contributed by atoms with Crippen LogP contribution in [0.5, 0.6) is 0 Å². The molecule has 138 valence electrons. The lowest BCUT2D eigenvalue weighted by atomic mass is 10.1. The highest BCUT2D eigenvalue weighted by molar-refractivity contribution is 14.1. The standard InChI is InChI=1S/C18H19IN2O3S2/c1-13-2-3-14(12-17(13)19)18(22)20-15-4-6-16(7-5-15)26(23,24)21-8-10-25-11-9-21/h2-7,12H,8-11H2,1H3,(H,20,22). The molecule has 2 aromatic carbocycles. The van der Waals surface area contributed by atoms with E-state index in [1.54, 1.807) is 42.1 Å². The summed E-state index contributed by atoms with van der Waals surface area (Å²) in [5, 5.41) is 2.81. The molecule has 26 heavy (non-hydrogen) atoms. The van der Waals surface area contributed by atoms with Crippen molar-refractivity contribution in [1.82, 2.24) is 4.31 Å². The number of carbonyl (C=O) groups is 1. The lowest BCUT2D eigenvalue weighted by molar-refractivity contribution is 0.102. The summed E-state index contributed by atoms with van der Waals surface area (Å²) in [6, 6.07) is 11.9. The Balaban J connectivity index is 1.73. The summed E-state index contributed by atoms with van der Waals surface area (Å²) in [6.07, 6.45) is 0. The van der Waals surface area contributed by atoms with Crippen molar-refractivity contribution in [2.75, 3.05) is 29.9 Å². The Kier molecular flexibility index (Phi) is 6.26. The number of anilines is 1. The van der Waals surface area contributed by atoms with Crippen LogP contribution in [-0.4, -0.2) is 43.2 Å². The fraction of sp³-hybridized carbons (Fsp3) is 0.278. The van der Waals surface area contributed by atoms with Gasteiger partial charge < -0.3 is 5.32 Å². The van der Waals surface area contributed by atoms with E-state index in [1.165, 1.54) is 4.31 Å². The average molecular weight is 502 g/mol. The molecule has 1 saturated heterocycles. The first kappa shape index (κ1) is 19.7. The van der Waals surface area contributed by atoms with Gasteiger partial charge >= 0.3 is 0 Å². The number of amides is 1. The molecule has 0 radical (unpaired) electrons. The third kappa shape index (κ3) is 4.41. The SMILES string of the molecule is Cc1ccc(C(=O)Nc2ccc(S(=O)(=O)N3CCSCC3)cc2)cc1I. The smallest absolute Gasteiger partial charge is 0.255 e. The molecule has 1 aliphatic rings. The normalized spacial score (nSPS) is 15.6. The van der Waals surface area contributed by atoms with Crippen molar-refractivity contribution in [3.05, 3.63) is 57.2 Å². The molecule has 1 amide bonds. The zero-order valence-corrected chi connectivity index (χ0v) is 18.0. The molecule has 0 bridgehead atoms. The quantitative estimate of drug-likeness (QED) is 0.650. The van der Waals surface area contributed by atoms with Gasteiger partial charge in [0.2, 0.25) is 10.0 Å². The predicted molar refractivity (Wildman–Crippen MR) is 114 cm³/mol. The number of aryl methyl sites for hydroxylation is 1. The Bertz CT molecular complexity index is 909. The van der Waals surface area contributed by atoms with Crippen LogP contribution in [0.1, 0.15) is 15.9 Å². The highest BCUT2D eigenvalue weighted by Gasteiger charge is 2.25. The number of rotatable bonds is 4. The largest absolute Gasteiger partial charge is 0.322 e. The first-order valence-corrected chi connectivity index (χ1v) is 11.8. The van der Waals surface area contributed by atoms with Crippen LogP contribution >= 0.6 is 34.4 Å². The third-order valence-electron chi connectivity index (χ3n) is 4.15. The van der Waals surface area contributed by atoms with Crippen molar-refractivity contribution >= 4 is 56.0 Å². The topological polar surface area (TPSA) is 66.5 Å². The molecule has 5 nitrogen and oxygen atoms in total. The summed E-state index contributed by atoms with van der Waals surface area (Å²) in [4.78, 5) is 12.6. The molecule has 0 atom stereocenters. The highest BCUT2D eigenvalue weighted by Crippen LogP contribution is 2.22. The number of nitrogens with zero attached hydrogens (tertiary/aromatic N) is 1. The molecule has 8 heteroatoms. The van der Waals surface area contributed by atoms with E-state index in [0.29, 0.717) is 24.3 Å². The van der Waals surface area contributed by atoms with E-state index in [2.05, 4.69) is 27.9 Å². The lowest BCUT2D eigenvalue weighted by Gasteiger charge is -2.25. The van der Waals surface area contributed by atoms with Crippen LogP contribution in [0, 0.1) is 10.5 Å². The van der Waals surface area contributed by atoms with Gasteiger partial charge in [-0.25, -0.2) is 8.42 Å². The fourth-order valence-electron chi connectivity index (χ4n) is 2.58. The molecule has 1 aliphatic heterocycles. The number of hydrogen-bond donors (Lipinski definition) is 1. The van der Waals surface area contributed by atoms with E-state index in [1.807, 2.05) is 19.1 Å². The van der Waals surface area contributed by atoms with Crippen LogP contribution in [0.25, 0.3) is 0 Å². The number of hydrogen-bond acceptors (Lipinski definition) is 4. The number of thioether (sulfide) groups is 1. The monoisotopic (exact) mass is 502 g/mol. The number of halogens is 1. The minimum absolute atomic E-state index is 0.216. The lowest BCUT2D eigenvalue weighted by Crippen LogP contribution is -2.37. The second-order valence-electron chi connectivity index (χ2n) is 5.96. The van der Waals surface area contributed by atoms with Gasteiger partial charge in [0.15, 0.2) is 0 Å². The van der Waals surface area contributed by atoms with Crippen LogP contribution in [0.15, 0.2) is 47.4 Å². The van der Waals surface area contributed by atoms with Crippen LogP contribution < -0.4 is 5.32 Å². The summed E-state index contributed by atoms with van der Waals surface area (Å²) < 4.78 is 27.8. The maximum Gasteiger partial charge on any atom is 0.255 e. The number of sulfonamides is 1. The van der Waals surface area contributed by atoms with Gasteiger partial charge in [-0.15, -0.1) is 0 Å². The van der Waals surface area contributed by atoms with Crippen molar-refractivity contribution in [3.8, 4) is 0 Å². The molecule has 2 aromatic rings. The number of benzene rings is 2. The molecule has 0 spiro atoms. The first-order chi connectivity index (χ1) is 12.4. The number of nitrogens with one attached hydrogen (secondary N) is 1. The maximum atomic E-state index is 12.6. The van der Waals surface area contributed by atoms with E-state index < -0.39 is 10.0 Å². The van der Waals surface area contributed by atoms with Gasteiger partial charge in [0.05, 0.1) is 4.90 Å². The average Bonchev–Trinajstić information content (AvgIpc) is 2.65. The molecule has 1 N–H and O–H groups in total. The molecular formula is C18H19IN2O3S2. The zero-order valence-electron chi connectivity index (χ0n) is 14.2. The Morgan fingerprint density at radius 3 is 2.38 bits per heavy atom. The van der Waals surface area contributed by atoms with Crippen molar-refractivity contribution in [1.29, 1.82) is 0 Å². The van der Waals surface area contributed by atoms with Crippen LogP contribution in [0.3, 0.4) is 0 Å². The van der Waals surface area contributed by atoms with E-state index >= 15 is 0 Å². The van der Waals surface area contributed by atoms with Crippen molar-refractivity contribution in [2.45, 2.75) is 11.8 Å². The third-order valence-corrected chi connectivity index (χ3v) is 8.17. The van der Waals surface area contributed by atoms with E-state index in [9.17, 15) is 13.2 Å². The maximum absolute atomic E-state index is 12.6. The molecule has 0 saturated carbocycles. The second kappa shape index (κ2) is 8.28. The van der Waals surface area contributed by atoms with Gasteiger partial charge in [0.1, 0.15) is 0 Å². The minimum atomic E-state index is -3.46. The van der Waals surface area contributed by atoms with Gasteiger partial charge in [-0.05, 0) is 71.5 Å². The summed E-state index contributed by atoms with van der Waals surface area (Å²) in [5.41, 5.74) is 2.26. The van der Waals surface area contributed by atoms with Crippen LogP contribution in [-0.2, 0) is 10.0 Å². The highest BCUT2D eigenvalue weighted by atomic mass is 127. The minimum Gasteiger partial charge on any atom is -0.322 e. The molecule has 0 aromatic heterocycles. The second-order valence-corrected chi connectivity index (χ2v) is 10.3. The Morgan fingerprint density at radius 2 is 1.77 bits per heavy atom. The van der Waals surface area contributed by atoms with Crippen molar-refractivity contribution < 1.29 is 13.2 Å². The first-order valence-electron chi connectivity index (χ1n) is 8.13. The Labute approximate surface area is 171 Å². The van der Waals surface area contributed by atoms with Gasteiger partial charge in [0, 0.05) is 39.4 Å². The summed E-state index contributed by atoms with van der Waals surface area (Å²) >= 11 is 3.96. The van der Waals surface area contributed by atoms with Crippen LogP contribution in [0.4, 0.5) is 5.69 Å². The summed E-state index contributed by atoms with van der Waals surface area (Å²) in [6.45, 7) is 3.07. The summed E-state index contributed by atoms with van der Waals surface area (Å²) in [7, 11) is -3.46. The molecule has 0 unspecified atom stereocenters. The molecule has 1 fully saturated rings. The predicted octanol–water partition coefficient (Wildman–Crippen LogP) is 3.59. The molecule has 0 aliphatic carbocycles. The Hall–Kier alpha value is -1.10. The van der Waals surface area contributed by atoms with E-state index in [4.69, 9.17) is 0 Å². The van der Waals surface area contributed by atoms with Crippen molar-refractivity contribution in [2.24, 2.45) is 0 Å². The number of carbonyl (C=O) groups excluding carboxylic acids is 1. The van der Waals surface area contributed by atoms with Gasteiger partial charge in [-0.2, -0.15) is 16.1 Å². The van der Waals surface area contributed by atoms with Gasteiger partial charge in [0.25, 0.3) is 5.91 Å². The molecular weight excluding hydrogens is 483 g/mol. The van der Waals surface area contributed by atoms with E-state index in [-0.39, 0.29) is 10.8 Å². The van der Waals surface area contributed by atoms with E-state index in [0.717, 1.165) is 20.6 Å². The Morgan fingerprint density at radius 1 is 1.12 bits per heavy atom.